The molecule has 0 spiro atoms. The molecule has 0 bridgehead atoms. The number of aliphatic hydroxyl groups excluding tert-OH is 1. The largest absolute Gasteiger partial charge is 0.508 e. The van der Waals surface area contributed by atoms with Crippen LogP contribution in [0.3, 0.4) is 0 Å². The number of phenols is 1. The second-order valence-electron chi connectivity index (χ2n) is 11.8. The number of nitrogens with zero attached hydrogens (tertiary/aromatic N) is 1. The number of hydrogen-bond acceptors (Lipinski definition) is 6. The number of thioether (sulfide) groups is 1. The Labute approximate surface area is 257 Å². The van der Waals surface area contributed by atoms with E-state index in [-0.39, 0.29) is 29.5 Å². The Balaban J connectivity index is 1.58. The van der Waals surface area contributed by atoms with Crippen LogP contribution in [-0.2, 0) is 22.6 Å². The molecule has 0 radical (unpaired) electrons. The van der Waals surface area contributed by atoms with E-state index in [4.69, 9.17) is 0 Å². The first-order valence-electron chi connectivity index (χ1n) is 14.4. The van der Waals surface area contributed by atoms with E-state index in [2.05, 4.69) is 10.6 Å². The Morgan fingerprint density at radius 1 is 0.977 bits per heavy atom. The summed E-state index contributed by atoms with van der Waals surface area (Å²) in [5, 5.41) is 27.5. The van der Waals surface area contributed by atoms with Crippen molar-refractivity contribution in [3.8, 4) is 5.75 Å². The molecule has 228 valence electrons. The van der Waals surface area contributed by atoms with Crippen LogP contribution in [0.25, 0.3) is 0 Å². The fourth-order valence-electron chi connectivity index (χ4n) is 5.49. The molecule has 0 saturated carbocycles. The standard InChI is InChI=1S/C34H41N3O5S/c1-20-13-15-24(16-14-20)17-27(36-31(40)25-11-8-12-28(38)23(25)4)29(39)33(42)37-19-43-34(5,6)30(37)32(41)35-18-26-21(2)9-7-10-22(26)3/h7-16,27,29-30,38-39H,17-19H2,1-6H3,(H,35,41)(H,36,40)/t27-,29-,30+/m0/s1. The van der Waals surface area contributed by atoms with Gasteiger partial charge in [0.1, 0.15) is 11.8 Å². The van der Waals surface area contributed by atoms with Gasteiger partial charge in [0, 0.05) is 22.4 Å². The number of aliphatic hydroxyl groups is 1. The SMILES string of the molecule is Cc1ccc(C[C@H](NC(=O)c2cccc(O)c2C)[C@H](O)C(=O)N2CSC(C)(C)[C@H]2C(=O)NCc2c(C)cccc2C)cc1. The summed E-state index contributed by atoms with van der Waals surface area (Å²) < 4.78 is -0.603. The van der Waals surface area contributed by atoms with E-state index < -0.39 is 34.7 Å². The zero-order chi connectivity index (χ0) is 31.5. The van der Waals surface area contributed by atoms with Crippen LogP contribution in [0.15, 0.2) is 60.7 Å². The minimum absolute atomic E-state index is 0.0228. The molecular formula is C34H41N3O5S. The summed E-state index contributed by atoms with van der Waals surface area (Å²) in [6.07, 6.45) is -1.43. The molecule has 1 aliphatic heterocycles. The maximum absolute atomic E-state index is 13.9. The first-order valence-corrected chi connectivity index (χ1v) is 15.4. The van der Waals surface area contributed by atoms with Crippen LogP contribution in [0, 0.1) is 27.7 Å². The van der Waals surface area contributed by atoms with E-state index >= 15 is 0 Å². The lowest BCUT2D eigenvalue weighted by molar-refractivity contribution is -0.147. The van der Waals surface area contributed by atoms with Crippen molar-refractivity contribution < 1.29 is 24.6 Å². The van der Waals surface area contributed by atoms with E-state index in [0.29, 0.717) is 12.1 Å². The molecule has 3 aromatic rings. The van der Waals surface area contributed by atoms with Crippen molar-refractivity contribution in [3.05, 3.63) is 99.6 Å². The van der Waals surface area contributed by atoms with Gasteiger partial charge in [-0.1, -0.05) is 54.1 Å². The fraction of sp³-hybridized carbons (Fsp3) is 0.382. The van der Waals surface area contributed by atoms with Gasteiger partial charge in [-0.05, 0) is 82.3 Å². The lowest BCUT2D eigenvalue weighted by Crippen LogP contribution is -2.58. The third kappa shape index (κ3) is 7.22. The summed E-state index contributed by atoms with van der Waals surface area (Å²) in [4.78, 5) is 42.3. The summed E-state index contributed by atoms with van der Waals surface area (Å²) in [6.45, 7) is 11.7. The van der Waals surface area contributed by atoms with Gasteiger partial charge in [0.2, 0.25) is 5.91 Å². The molecule has 8 nitrogen and oxygen atoms in total. The average Bonchev–Trinajstić information content (AvgIpc) is 3.28. The lowest BCUT2D eigenvalue weighted by Gasteiger charge is -2.33. The molecule has 3 aromatic carbocycles. The number of rotatable bonds is 9. The quantitative estimate of drug-likeness (QED) is 0.289. The van der Waals surface area contributed by atoms with Gasteiger partial charge in [-0.3, -0.25) is 14.4 Å². The summed E-state index contributed by atoms with van der Waals surface area (Å²) in [6, 6.07) is 16.4. The first kappa shape index (κ1) is 32.1. The molecule has 43 heavy (non-hydrogen) atoms. The molecule has 1 saturated heterocycles. The van der Waals surface area contributed by atoms with E-state index in [0.717, 1.165) is 27.8 Å². The molecule has 0 aromatic heterocycles. The Hall–Kier alpha value is -3.82. The Kier molecular flexibility index (Phi) is 9.87. The second-order valence-corrected chi connectivity index (χ2v) is 13.4. The van der Waals surface area contributed by atoms with E-state index in [1.165, 1.54) is 22.7 Å². The molecule has 4 N–H and O–H groups in total. The van der Waals surface area contributed by atoms with E-state index in [1.54, 1.807) is 19.1 Å². The lowest BCUT2D eigenvalue weighted by atomic mass is 9.96. The summed E-state index contributed by atoms with van der Waals surface area (Å²) in [5.41, 5.74) is 5.70. The number of carbonyl (C=O) groups is 3. The van der Waals surface area contributed by atoms with Crippen LogP contribution in [0.1, 0.15) is 57.6 Å². The Morgan fingerprint density at radius 3 is 2.26 bits per heavy atom. The smallest absolute Gasteiger partial charge is 0.254 e. The number of carbonyl (C=O) groups excluding carboxylic acids is 3. The normalized spacial score (nSPS) is 17.3. The van der Waals surface area contributed by atoms with Crippen molar-refractivity contribution in [2.45, 2.75) is 77.4 Å². The second kappa shape index (κ2) is 13.2. The Morgan fingerprint density at radius 2 is 1.60 bits per heavy atom. The van der Waals surface area contributed by atoms with Gasteiger partial charge in [-0.15, -0.1) is 11.8 Å². The highest BCUT2D eigenvalue weighted by Gasteiger charge is 2.49. The third-order valence-corrected chi connectivity index (χ3v) is 9.61. The van der Waals surface area contributed by atoms with E-state index in [1.807, 2.05) is 77.1 Å². The van der Waals surface area contributed by atoms with Crippen molar-refractivity contribution in [2.24, 2.45) is 0 Å². The van der Waals surface area contributed by atoms with Gasteiger partial charge in [-0.2, -0.15) is 0 Å². The number of amides is 3. The highest BCUT2D eigenvalue weighted by atomic mass is 32.2. The van der Waals surface area contributed by atoms with Crippen molar-refractivity contribution in [2.75, 3.05) is 5.88 Å². The van der Waals surface area contributed by atoms with Crippen LogP contribution < -0.4 is 10.6 Å². The van der Waals surface area contributed by atoms with Crippen molar-refractivity contribution in [3.63, 3.8) is 0 Å². The van der Waals surface area contributed by atoms with Gasteiger partial charge in [0.15, 0.2) is 6.10 Å². The number of phenolic OH excluding ortho intramolecular Hbond substituents is 1. The molecule has 4 rings (SSSR count). The van der Waals surface area contributed by atoms with Crippen LogP contribution >= 0.6 is 11.8 Å². The summed E-state index contributed by atoms with van der Waals surface area (Å²) in [7, 11) is 0. The molecule has 9 heteroatoms. The number of nitrogens with one attached hydrogen (secondary N) is 2. The molecule has 3 amide bonds. The average molecular weight is 604 g/mol. The molecular weight excluding hydrogens is 562 g/mol. The van der Waals surface area contributed by atoms with Gasteiger partial charge in [0.05, 0.1) is 11.9 Å². The minimum Gasteiger partial charge on any atom is -0.508 e. The predicted octanol–water partition coefficient (Wildman–Crippen LogP) is 4.32. The number of benzene rings is 3. The summed E-state index contributed by atoms with van der Waals surface area (Å²) >= 11 is 1.47. The summed E-state index contributed by atoms with van der Waals surface area (Å²) in [5.74, 6) is -1.24. The van der Waals surface area contributed by atoms with Crippen LogP contribution in [0.4, 0.5) is 0 Å². The number of aryl methyl sites for hydroxylation is 3. The van der Waals surface area contributed by atoms with Crippen LogP contribution in [-0.4, -0.2) is 61.6 Å². The molecule has 1 fully saturated rings. The number of hydrogen-bond donors (Lipinski definition) is 4. The third-order valence-electron chi connectivity index (χ3n) is 8.24. The van der Waals surface area contributed by atoms with Gasteiger partial charge < -0.3 is 25.7 Å². The first-order chi connectivity index (χ1) is 20.3. The van der Waals surface area contributed by atoms with Crippen LogP contribution in [0.2, 0.25) is 0 Å². The maximum atomic E-state index is 13.9. The van der Waals surface area contributed by atoms with Crippen LogP contribution in [0.5, 0.6) is 5.75 Å². The van der Waals surface area contributed by atoms with Crippen molar-refractivity contribution in [1.29, 1.82) is 0 Å². The minimum atomic E-state index is -1.62. The molecule has 1 heterocycles. The van der Waals surface area contributed by atoms with E-state index in [9.17, 15) is 24.6 Å². The molecule has 1 aliphatic rings. The predicted molar refractivity (Wildman–Crippen MR) is 170 cm³/mol. The highest BCUT2D eigenvalue weighted by Crippen LogP contribution is 2.40. The number of aromatic hydroxyl groups is 1. The van der Waals surface area contributed by atoms with Crippen molar-refractivity contribution in [1.82, 2.24) is 15.5 Å². The zero-order valence-electron chi connectivity index (χ0n) is 25.6. The molecule has 0 unspecified atom stereocenters. The highest BCUT2D eigenvalue weighted by molar-refractivity contribution is 8.00. The zero-order valence-corrected chi connectivity index (χ0v) is 26.4. The molecule has 3 atom stereocenters. The van der Waals surface area contributed by atoms with Gasteiger partial charge >= 0.3 is 0 Å². The molecule has 0 aliphatic carbocycles. The monoisotopic (exact) mass is 603 g/mol. The topological polar surface area (TPSA) is 119 Å². The van der Waals surface area contributed by atoms with Gasteiger partial charge in [-0.25, -0.2) is 0 Å². The maximum Gasteiger partial charge on any atom is 0.254 e. The fourth-order valence-corrected chi connectivity index (χ4v) is 6.63. The van der Waals surface area contributed by atoms with Crippen molar-refractivity contribution >= 4 is 29.5 Å². The van der Waals surface area contributed by atoms with Gasteiger partial charge in [0.25, 0.3) is 11.8 Å². The Bertz CT molecular complexity index is 1480.